The molecule has 0 aliphatic heterocycles. The van der Waals surface area contributed by atoms with Gasteiger partial charge in [0, 0.05) is 0 Å². The molecule has 23 heavy (non-hydrogen) atoms. The van der Waals surface area contributed by atoms with Crippen molar-refractivity contribution in [1.82, 2.24) is 7.59 Å². The van der Waals surface area contributed by atoms with Crippen LogP contribution in [0.2, 0.25) is 0 Å². The second-order valence-corrected chi connectivity index (χ2v) is 6.73. The second-order valence-electron chi connectivity index (χ2n) is 4.83. The molecule has 0 saturated carbocycles. The van der Waals surface area contributed by atoms with Gasteiger partial charge in [0.1, 0.15) is 0 Å². The van der Waals surface area contributed by atoms with E-state index in [4.69, 9.17) is 0 Å². The van der Waals surface area contributed by atoms with Crippen LogP contribution in [0.4, 0.5) is 18.9 Å². The number of fused-ring (bicyclic) bond motifs is 1. The number of nitrogens with zero attached hydrogens (tertiary/aromatic N) is 3. The van der Waals surface area contributed by atoms with E-state index >= 15 is 0 Å². The van der Waals surface area contributed by atoms with Crippen LogP contribution in [0.25, 0.3) is 22.2 Å². The molecule has 0 radical (unpaired) electrons. The van der Waals surface area contributed by atoms with Gasteiger partial charge >= 0.3 is 144 Å². The van der Waals surface area contributed by atoms with Crippen LogP contribution in [0.3, 0.4) is 0 Å². The predicted octanol–water partition coefficient (Wildman–Crippen LogP) is 3.56. The molecule has 0 spiro atoms. The molecule has 3 aromatic rings. The van der Waals surface area contributed by atoms with Gasteiger partial charge in [-0.25, -0.2) is 0 Å². The Kier molecular flexibility index (Phi) is 3.86. The first kappa shape index (κ1) is 15.9. The number of hydrogen-bond donors (Lipinski definition) is 0. The van der Waals surface area contributed by atoms with Gasteiger partial charge in [-0.05, 0) is 0 Å². The van der Waals surface area contributed by atoms with E-state index in [1.807, 2.05) is 0 Å². The van der Waals surface area contributed by atoms with E-state index in [0.29, 0.717) is 16.6 Å². The molecule has 1 aromatic heterocycles. The number of non-ortho nitro benzene ring substituents is 1. The van der Waals surface area contributed by atoms with E-state index in [1.54, 1.807) is 8.56 Å². The number of hydrogen-bond acceptors (Lipinski definition) is 3. The number of alkyl halides is 3. The molecule has 0 bridgehead atoms. The Morgan fingerprint density at radius 1 is 1.17 bits per heavy atom. The third kappa shape index (κ3) is 2.94. The topological polar surface area (TPSA) is 61.0 Å². The van der Waals surface area contributed by atoms with Crippen molar-refractivity contribution in [2.45, 2.75) is 6.18 Å². The van der Waals surface area contributed by atoms with E-state index in [2.05, 4.69) is 5.10 Å². The average Bonchev–Trinajstić information content (AvgIpc) is 2.83. The zero-order valence-corrected chi connectivity index (χ0v) is 15.9. The van der Waals surface area contributed by atoms with Crippen LogP contribution in [0.5, 0.6) is 0 Å². The SMILES string of the molecule is O=[N+]([O-])c1ccc2c(c1)c(-c1cccc(C(F)(F)F)c1)n[n]2[Tl]. The van der Waals surface area contributed by atoms with Crippen molar-refractivity contribution in [2.75, 3.05) is 0 Å². The summed E-state index contributed by atoms with van der Waals surface area (Å²) in [5.74, 6) is 0. The molecule has 9 heteroatoms. The molecule has 0 unspecified atom stereocenters. The minimum absolute atomic E-state index is 0.122. The summed E-state index contributed by atoms with van der Waals surface area (Å²) in [4.78, 5) is 10.4. The Morgan fingerprint density at radius 2 is 1.91 bits per heavy atom. The molecule has 0 N–H and O–H groups in total. The summed E-state index contributed by atoms with van der Waals surface area (Å²) in [5.41, 5.74) is 0.373. The Balaban J connectivity index is 2.24. The summed E-state index contributed by atoms with van der Waals surface area (Å²) in [5, 5.41) is 15.7. The number of aromatic nitrogens is 2. The fourth-order valence-corrected chi connectivity index (χ4v) is 3.62. The van der Waals surface area contributed by atoms with Crippen molar-refractivity contribution >= 4 is 42.7 Å². The molecule has 2 aromatic carbocycles. The average molecular weight is 511 g/mol. The van der Waals surface area contributed by atoms with Gasteiger partial charge in [0.2, 0.25) is 0 Å². The quantitative estimate of drug-likeness (QED) is 0.301. The first-order valence-electron chi connectivity index (χ1n) is 6.37. The number of nitro benzene ring substituents is 1. The summed E-state index contributed by atoms with van der Waals surface area (Å²) in [6, 6.07) is 9.07. The molecule has 0 saturated heterocycles. The Morgan fingerprint density at radius 3 is 2.57 bits per heavy atom. The van der Waals surface area contributed by atoms with Gasteiger partial charge in [0.15, 0.2) is 0 Å². The molecular formula is C14H7F3N3O2Tl. The normalized spacial score (nSPS) is 11.7. The zero-order valence-electron chi connectivity index (χ0n) is 11.4. The van der Waals surface area contributed by atoms with Crippen LogP contribution in [0.1, 0.15) is 5.56 Å². The third-order valence-corrected chi connectivity index (χ3v) is 4.89. The molecule has 0 aliphatic rings. The molecular weight excluding hydrogens is 504 g/mol. The van der Waals surface area contributed by atoms with E-state index in [-0.39, 0.29) is 37.3 Å². The van der Waals surface area contributed by atoms with Crippen molar-refractivity contribution in [3.63, 3.8) is 0 Å². The van der Waals surface area contributed by atoms with Crippen molar-refractivity contribution < 1.29 is 18.1 Å². The van der Waals surface area contributed by atoms with E-state index in [9.17, 15) is 23.3 Å². The summed E-state index contributed by atoms with van der Waals surface area (Å²) < 4.78 is 40.2. The number of halogens is 3. The van der Waals surface area contributed by atoms with Crippen LogP contribution >= 0.6 is 0 Å². The summed E-state index contributed by atoms with van der Waals surface area (Å²) in [6.45, 7) is 0. The van der Waals surface area contributed by atoms with Crippen LogP contribution in [0.15, 0.2) is 42.5 Å². The van der Waals surface area contributed by atoms with Crippen LogP contribution in [0, 0.1) is 10.1 Å². The van der Waals surface area contributed by atoms with Crippen LogP contribution in [-0.4, -0.2) is 38.6 Å². The molecule has 5 nitrogen and oxygen atoms in total. The van der Waals surface area contributed by atoms with Crippen molar-refractivity contribution in [3.8, 4) is 11.3 Å². The Bertz CT molecular complexity index is 921. The van der Waals surface area contributed by atoms with E-state index in [0.717, 1.165) is 12.1 Å². The first-order valence-corrected chi connectivity index (χ1v) is 8.38. The van der Waals surface area contributed by atoms with Crippen LogP contribution < -0.4 is 0 Å². The molecule has 114 valence electrons. The fourth-order valence-electron chi connectivity index (χ4n) is 2.30. The molecule has 1 heterocycles. The second kappa shape index (κ2) is 5.58. The maximum atomic E-state index is 12.9. The fraction of sp³-hybridized carbons (Fsp3) is 0.0714. The van der Waals surface area contributed by atoms with Gasteiger partial charge in [0.05, 0.1) is 0 Å². The minimum atomic E-state index is -4.46. The van der Waals surface area contributed by atoms with Gasteiger partial charge in [-0.2, -0.15) is 0 Å². The molecule has 0 fully saturated rings. The van der Waals surface area contributed by atoms with Crippen molar-refractivity contribution in [3.05, 3.63) is 58.1 Å². The molecule has 0 atom stereocenters. The van der Waals surface area contributed by atoms with Gasteiger partial charge < -0.3 is 0 Å². The summed E-state index contributed by atoms with van der Waals surface area (Å²) in [7, 11) is 0. The third-order valence-electron chi connectivity index (χ3n) is 3.36. The van der Waals surface area contributed by atoms with Crippen molar-refractivity contribution in [2.24, 2.45) is 0 Å². The van der Waals surface area contributed by atoms with E-state index < -0.39 is 16.7 Å². The van der Waals surface area contributed by atoms with Gasteiger partial charge in [-0.3, -0.25) is 0 Å². The monoisotopic (exact) mass is 511 g/mol. The zero-order chi connectivity index (χ0) is 16.8. The number of benzene rings is 2. The molecule has 0 amide bonds. The van der Waals surface area contributed by atoms with E-state index in [1.165, 1.54) is 24.3 Å². The van der Waals surface area contributed by atoms with Gasteiger partial charge in [-0.1, -0.05) is 0 Å². The summed E-state index contributed by atoms with van der Waals surface area (Å²) in [6.07, 6.45) is -4.46. The summed E-state index contributed by atoms with van der Waals surface area (Å²) >= 11 is 0.281. The first-order chi connectivity index (χ1) is 10.8. The molecule has 3 rings (SSSR count). The Labute approximate surface area is 144 Å². The van der Waals surface area contributed by atoms with Crippen LogP contribution in [-0.2, 0) is 6.18 Å². The molecule has 0 aliphatic carbocycles. The maximum absolute atomic E-state index is 12.9. The van der Waals surface area contributed by atoms with Crippen molar-refractivity contribution in [1.29, 1.82) is 0 Å². The number of nitro groups is 1. The Hall–Kier alpha value is -1.98. The predicted molar refractivity (Wildman–Crippen MR) is 78.0 cm³/mol. The van der Waals surface area contributed by atoms with Gasteiger partial charge in [-0.15, -0.1) is 0 Å². The van der Waals surface area contributed by atoms with Gasteiger partial charge in [0.25, 0.3) is 0 Å². The standard InChI is InChI=1S/C14H7F3N3O2.Tl/c15-14(16,17)9-3-1-2-8(6-9)13-11-7-10(20(21)22)4-5-12(11)18-19-13;/h1-7H;/q-1;+1. The number of rotatable bonds is 2.